The van der Waals surface area contributed by atoms with Gasteiger partial charge in [-0.1, -0.05) is 0 Å². The van der Waals surface area contributed by atoms with Crippen molar-refractivity contribution in [1.29, 1.82) is 0 Å². The van der Waals surface area contributed by atoms with Crippen LogP contribution in [0.5, 0.6) is 0 Å². The summed E-state index contributed by atoms with van der Waals surface area (Å²) in [4.78, 5) is 31.6. The van der Waals surface area contributed by atoms with Crippen molar-refractivity contribution in [2.45, 2.75) is 26.7 Å². The Morgan fingerprint density at radius 3 is 1.58 bits per heavy atom. The van der Waals surface area contributed by atoms with Crippen molar-refractivity contribution in [2.75, 3.05) is 0 Å². The summed E-state index contributed by atoms with van der Waals surface area (Å²) in [7, 11) is 0. The van der Waals surface area contributed by atoms with E-state index >= 15 is 0 Å². The molecule has 12 heavy (non-hydrogen) atoms. The van der Waals surface area contributed by atoms with Crippen molar-refractivity contribution < 1.29 is 19.5 Å². The molecule has 0 saturated heterocycles. The highest BCUT2D eigenvalue weighted by molar-refractivity contribution is 5.86. The van der Waals surface area contributed by atoms with Gasteiger partial charge in [0.25, 0.3) is 0 Å². The SMILES string of the molecule is CC(=O)CC(CC(C)=O)C(=O)O. The zero-order valence-electron chi connectivity index (χ0n) is 7.16. The summed E-state index contributed by atoms with van der Waals surface area (Å²) < 4.78 is 0. The lowest BCUT2D eigenvalue weighted by Crippen LogP contribution is -2.19. The number of hydrogen-bond acceptors (Lipinski definition) is 3. The number of aliphatic carboxylic acids is 1. The Labute approximate surface area is 70.6 Å². The molecule has 0 aromatic rings. The second-order valence-corrected chi connectivity index (χ2v) is 2.85. The third kappa shape index (κ3) is 4.60. The largest absolute Gasteiger partial charge is 0.481 e. The Balaban J connectivity index is 4.14. The minimum absolute atomic E-state index is 0.0606. The van der Waals surface area contributed by atoms with E-state index < -0.39 is 11.9 Å². The maximum atomic E-state index is 10.6. The maximum absolute atomic E-state index is 10.6. The third-order valence-corrected chi connectivity index (χ3v) is 1.42. The molecule has 0 aromatic carbocycles. The summed E-state index contributed by atoms with van der Waals surface area (Å²) in [5.41, 5.74) is 0. The van der Waals surface area contributed by atoms with Crippen LogP contribution in [0.25, 0.3) is 0 Å². The molecule has 0 rings (SSSR count). The van der Waals surface area contributed by atoms with Crippen LogP contribution in [-0.4, -0.2) is 22.6 Å². The van der Waals surface area contributed by atoms with E-state index in [4.69, 9.17) is 5.11 Å². The Kier molecular flexibility index (Phi) is 4.18. The van der Waals surface area contributed by atoms with Gasteiger partial charge in [0.1, 0.15) is 11.6 Å². The molecule has 0 unspecified atom stereocenters. The average Bonchev–Trinajstić information content (AvgIpc) is 1.83. The van der Waals surface area contributed by atoms with Crippen LogP contribution < -0.4 is 0 Å². The van der Waals surface area contributed by atoms with Gasteiger partial charge in [-0.15, -0.1) is 0 Å². The monoisotopic (exact) mass is 172 g/mol. The quantitative estimate of drug-likeness (QED) is 0.660. The minimum atomic E-state index is -1.08. The van der Waals surface area contributed by atoms with Crippen LogP contribution in [0, 0.1) is 5.92 Å². The van der Waals surface area contributed by atoms with E-state index in [0.29, 0.717) is 0 Å². The molecule has 0 saturated carbocycles. The first-order chi connectivity index (χ1) is 5.43. The molecule has 0 amide bonds. The molecule has 0 atom stereocenters. The van der Waals surface area contributed by atoms with Gasteiger partial charge in [-0.05, 0) is 13.8 Å². The van der Waals surface area contributed by atoms with Gasteiger partial charge < -0.3 is 14.7 Å². The molecule has 0 aliphatic carbocycles. The summed E-state index contributed by atoms with van der Waals surface area (Å²) >= 11 is 0. The van der Waals surface area contributed by atoms with Crippen molar-refractivity contribution >= 4 is 17.5 Å². The summed E-state index contributed by atoms with van der Waals surface area (Å²) in [6, 6.07) is 0. The predicted molar refractivity (Wildman–Crippen MR) is 41.7 cm³/mol. The van der Waals surface area contributed by atoms with E-state index in [9.17, 15) is 14.4 Å². The molecule has 0 heterocycles. The van der Waals surface area contributed by atoms with E-state index in [1.165, 1.54) is 13.8 Å². The van der Waals surface area contributed by atoms with Crippen molar-refractivity contribution in [1.82, 2.24) is 0 Å². The molecule has 0 aromatic heterocycles. The summed E-state index contributed by atoms with van der Waals surface area (Å²) in [5.74, 6) is -2.34. The molecule has 0 aliphatic rings. The van der Waals surface area contributed by atoms with E-state index in [0.717, 1.165) is 0 Å². The lowest BCUT2D eigenvalue weighted by atomic mass is 9.98. The van der Waals surface area contributed by atoms with E-state index in [-0.39, 0.29) is 24.4 Å². The smallest absolute Gasteiger partial charge is 0.307 e. The average molecular weight is 172 g/mol. The number of hydrogen-bond donors (Lipinski definition) is 1. The first-order valence-corrected chi connectivity index (χ1v) is 3.65. The standard InChI is InChI=1S/C8H12O4/c1-5(9)3-7(8(11)12)4-6(2)10/h7H,3-4H2,1-2H3,(H,11,12). The summed E-state index contributed by atoms with van der Waals surface area (Å²) in [6.07, 6.45) is -0.121. The van der Waals surface area contributed by atoms with Gasteiger partial charge >= 0.3 is 5.97 Å². The number of rotatable bonds is 5. The predicted octanol–water partition coefficient (Wildman–Crippen LogP) is 0.645. The molecule has 0 aliphatic heterocycles. The molecule has 0 spiro atoms. The Bertz CT molecular complexity index is 191. The number of carbonyl (C=O) groups excluding carboxylic acids is 2. The molecule has 4 nitrogen and oxygen atoms in total. The van der Waals surface area contributed by atoms with Crippen LogP contribution in [0.15, 0.2) is 0 Å². The third-order valence-electron chi connectivity index (χ3n) is 1.42. The molecule has 0 radical (unpaired) electrons. The van der Waals surface area contributed by atoms with Gasteiger partial charge in [0, 0.05) is 12.8 Å². The van der Waals surface area contributed by atoms with E-state index in [2.05, 4.69) is 0 Å². The second-order valence-electron chi connectivity index (χ2n) is 2.85. The fraction of sp³-hybridized carbons (Fsp3) is 0.625. The minimum Gasteiger partial charge on any atom is -0.481 e. The number of carboxylic acids is 1. The van der Waals surface area contributed by atoms with Gasteiger partial charge in [0.05, 0.1) is 5.92 Å². The molecule has 1 N–H and O–H groups in total. The van der Waals surface area contributed by atoms with Crippen LogP contribution in [0.4, 0.5) is 0 Å². The first-order valence-electron chi connectivity index (χ1n) is 3.65. The maximum Gasteiger partial charge on any atom is 0.307 e. The summed E-state index contributed by atoms with van der Waals surface area (Å²) in [5, 5.41) is 8.57. The number of carbonyl (C=O) groups is 3. The van der Waals surface area contributed by atoms with Crippen molar-refractivity contribution in [2.24, 2.45) is 5.92 Å². The lowest BCUT2D eigenvalue weighted by Gasteiger charge is -2.06. The van der Waals surface area contributed by atoms with Gasteiger partial charge in [0.15, 0.2) is 0 Å². The Morgan fingerprint density at radius 2 is 1.42 bits per heavy atom. The molecule has 0 bridgehead atoms. The zero-order valence-corrected chi connectivity index (χ0v) is 7.16. The lowest BCUT2D eigenvalue weighted by molar-refractivity contribution is -0.145. The van der Waals surface area contributed by atoms with E-state index in [1.807, 2.05) is 0 Å². The normalized spacial score (nSPS) is 9.92. The molecular formula is C8H12O4. The molecule has 4 heteroatoms. The Morgan fingerprint density at radius 1 is 1.08 bits per heavy atom. The van der Waals surface area contributed by atoms with Crippen LogP contribution in [-0.2, 0) is 14.4 Å². The fourth-order valence-corrected chi connectivity index (χ4v) is 0.941. The van der Waals surface area contributed by atoms with Gasteiger partial charge in [-0.3, -0.25) is 4.79 Å². The van der Waals surface area contributed by atoms with Crippen LogP contribution >= 0.6 is 0 Å². The van der Waals surface area contributed by atoms with Crippen molar-refractivity contribution in [3.8, 4) is 0 Å². The van der Waals surface area contributed by atoms with Crippen LogP contribution in [0.2, 0.25) is 0 Å². The highest BCUT2D eigenvalue weighted by Crippen LogP contribution is 2.09. The van der Waals surface area contributed by atoms with Crippen LogP contribution in [0.3, 0.4) is 0 Å². The molecular weight excluding hydrogens is 160 g/mol. The van der Waals surface area contributed by atoms with E-state index in [1.54, 1.807) is 0 Å². The van der Waals surface area contributed by atoms with Crippen LogP contribution in [0.1, 0.15) is 26.7 Å². The number of ketones is 2. The highest BCUT2D eigenvalue weighted by Gasteiger charge is 2.20. The molecule has 68 valence electrons. The number of carboxylic acid groups (broad SMARTS) is 1. The van der Waals surface area contributed by atoms with Gasteiger partial charge in [-0.25, -0.2) is 0 Å². The summed E-state index contributed by atoms with van der Waals surface area (Å²) in [6.45, 7) is 2.63. The van der Waals surface area contributed by atoms with Gasteiger partial charge in [0.2, 0.25) is 0 Å². The number of Topliss-reactive ketones (excluding diaryl/α,β-unsaturated/α-hetero) is 2. The van der Waals surface area contributed by atoms with Crippen molar-refractivity contribution in [3.63, 3.8) is 0 Å². The fourth-order valence-electron chi connectivity index (χ4n) is 0.941. The topological polar surface area (TPSA) is 71.4 Å². The highest BCUT2D eigenvalue weighted by atomic mass is 16.4. The Hall–Kier alpha value is -1.19. The zero-order chi connectivity index (χ0) is 9.72. The van der Waals surface area contributed by atoms with Crippen molar-refractivity contribution in [3.05, 3.63) is 0 Å². The molecule has 0 fully saturated rings. The first kappa shape index (κ1) is 10.8. The second kappa shape index (κ2) is 4.64. The van der Waals surface area contributed by atoms with Gasteiger partial charge in [-0.2, -0.15) is 0 Å².